The molecule has 2 aromatic carbocycles. The maximum atomic E-state index is 12.3. The molecule has 1 aromatic heterocycles. The molecule has 0 aliphatic rings. The largest absolute Gasteiger partial charge is 0.350 e. The van der Waals surface area contributed by atoms with E-state index in [-0.39, 0.29) is 16.8 Å². The highest BCUT2D eigenvalue weighted by atomic mass is 32.1. The fourth-order valence-corrected chi connectivity index (χ4v) is 3.37. The SMILES string of the molecule is O=C(NCC(c1ccccc1)c1ccccc1)c1ccc([N+](=O)[O-])s1. The third kappa shape index (κ3) is 4.10. The average Bonchev–Trinajstić information content (AvgIpc) is 3.14. The van der Waals surface area contributed by atoms with Crippen molar-refractivity contribution in [1.82, 2.24) is 5.32 Å². The summed E-state index contributed by atoms with van der Waals surface area (Å²) in [5.41, 5.74) is 2.21. The van der Waals surface area contributed by atoms with Crippen molar-refractivity contribution in [3.63, 3.8) is 0 Å². The second-order valence-corrected chi connectivity index (χ2v) is 6.54. The van der Waals surface area contributed by atoms with Crippen LogP contribution in [0.15, 0.2) is 72.8 Å². The van der Waals surface area contributed by atoms with E-state index in [1.165, 1.54) is 12.1 Å². The first kappa shape index (κ1) is 16.9. The van der Waals surface area contributed by atoms with Gasteiger partial charge in [-0.3, -0.25) is 14.9 Å². The molecule has 25 heavy (non-hydrogen) atoms. The van der Waals surface area contributed by atoms with E-state index in [0.29, 0.717) is 11.4 Å². The third-order valence-electron chi connectivity index (χ3n) is 3.87. The van der Waals surface area contributed by atoms with Gasteiger partial charge >= 0.3 is 5.00 Å². The molecule has 0 spiro atoms. The monoisotopic (exact) mass is 352 g/mol. The lowest BCUT2D eigenvalue weighted by Gasteiger charge is -2.18. The van der Waals surface area contributed by atoms with Crippen molar-refractivity contribution < 1.29 is 9.72 Å². The second-order valence-electron chi connectivity index (χ2n) is 5.48. The minimum Gasteiger partial charge on any atom is -0.350 e. The number of carbonyl (C=O) groups excluding carboxylic acids is 1. The van der Waals surface area contributed by atoms with E-state index in [1.54, 1.807) is 0 Å². The van der Waals surface area contributed by atoms with Crippen molar-refractivity contribution in [2.45, 2.75) is 5.92 Å². The van der Waals surface area contributed by atoms with Gasteiger partial charge in [-0.2, -0.15) is 0 Å². The van der Waals surface area contributed by atoms with Crippen molar-refractivity contribution in [3.8, 4) is 0 Å². The predicted molar refractivity (Wildman–Crippen MR) is 98.0 cm³/mol. The van der Waals surface area contributed by atoms with Crippen LogP contribution < -0.4 is 5.32 Å². The van der Waals surface area contributed by atoms with Crippen LogP contribution in [0.25, 0.3) is 0 Å². The molecule has 1 amide bonds. The fraction of sp³-hybridized carbons (Fsp3) is 0.105. The fourth-order valence-electron chi connectivity index (χ4n) is 2.63. The number of nitrogens with zero attached hydrogens (tertiary/aromatic N) is 1. The number of carbonyl (C=O) groups is 1. The lowest BCUT2D eigenvalue weighted by Crippen LogP contribution is -2.28. The second kappa shape index (κ2) is 7.72. The molecule has 6 heteroatoms. The van der Waals surface area contributed by atoms with Crippen molar-refractivity contribution in [2.75, 3.05) is 6.54 Å². The molecule has 0 atom stereocenters. The van der Waals surface area contributed by atoms with E-state index in [0.717, 1.165) is 22.5 Å². The number of hydrogen-bond acceptors (Lipinski definition) is 4. The highest BCUT2D eigenvalue weighted by Gasteiger charge is 2.18. The predicted octanol–water partition coefficient (Wildman–Crippen LogP) is 4.22. The maximum Gasteiger partial charge on any atom is 0.324 e. The summed E-state index contributed by atoms with van der Waals surface area (Å²) in [4.78, 5) is 22.9. The van der Waals surface area contributed by atoms with Crippen LogP contribution in [0.1, 0.15) is 26.7 Å². The molecule has 0 saturated carbocycles. The number of rotatable bonds is 6. The van der Waals surface area contributed by atoms with Gasteiger partial charge in [0, 0.05) is 18.5 Å². The summed E-state index contributed by atoms with van der Waals surface area (Å²) in [6.07, 6.45) is 0. The van der Waals surface area contributed by atoms with E-state index >= 15 is 0 Å². The smallest absolute Gasteiger partial charge is 0.324 e. The molecule has 0 unspecified atom stereocenters. The van der Waals surface area contributed by atoms with E-state index in [9.17, 15) is 14.9 Å². The van der Waals surface area contributed by atoms with Gasteiger partial charge in [-0.15, -0.1) is 0 Å². The molecular weight excluding hydrogens is 336 g/mol. The minimum absolute atomic E-state index is 0.0151. The molecule has 1 heterocycles. The van der Waals surface area contributed by atoms with Crippen LogP contribution in [0.2, 0.25) is 0 Å². The Kier molecular flexibility index (Phi) is 5.20. The van der Waals surface area contributed by atoms with Gasteiger partial charge in [0.2, 0.25) is 0 Å². The molecular formula is C19H16N2O3S. The molecule has 5 nitrogen and oxygen atoms in total. The van der Waals surface area contributed by atoms with Crippen LogP contribution in [0.4, 0.5) is 5.00 Å². The molecule has 0 fully saturated rings. The standard InChI is InChI=1S/C19H16N2O3S/c22-19(17-11-12-18(25-17)21(23)24)20-13-16(14-7-3-1-4-8-14)15-9-5-2-6-10-15/h1-12,16H,13H2,(H,20,22). The number of hydrogen-bond donors (Lipinski definition) is 1. The molecule has 0 aliphatic heterocycles. The Bertz CT molecular complexity index is 823. The summed E-state index contributed by atoms with van der Waals surface area (Å²) < 4.78 is 0. The van der Waals surface area contributed by atoms with Gasteiger partial charge in [-0.25, -0.2) is 0 Å². The van der Waals surface area contributed by atoms with E-state index in [2.05, 4.69) is 5.32 Å². The van der Waals surface area contributed by atoms with Crippen LogP contribution in [-0.4, -0.2) is 17.4 Å². The number of amides is 1. The van der Waals surface area contributed by atoms with Gasteiger partial charge in [0.1, 0.15) is 0 Å². The Morgan fingerprint density at radius 1 is 0.960 bits per heavy atom. The zero-order valence-corrected chi connectivity index (χ0v) is 14.1. The average molecular weight is 352 g/mol. The van der Waals surface area contributed by atoms with Gasteiger partial charge in [0.25, 0.3) is 5.91 Å². The summed E-state index contributed by atoms with van der Waals surface area (Å²) in [6, 6.07) is 22.7. The highest BCUT2D eigenvalue weighted by molar-refractivity contribution is 7.17. The van der Waals surface area contributed by atoms with E-state index in [1.807, 2.05) is 60.7 Å². The van der Waals surface area contributed by atoms with Crippen LogP contribution in [0.3, 0.4) is 0 Å². The van der Waals surface area contributed by atoms with E-state index < -0.39 is 4.92 Å². The van der Waals surface area contributed by atoms with Gasteiger partial charge in [0.15, 0.2) is 0 Å². The number of nitro groups is 1. The summed E-state index contributed by atoms with van der Waals surface area (Å²) in [5, 5.41) is 13.6. The van der Waals surface area contributed by atoms with Crippen LogP contribution in [0, 0.1) is 10.1 Å². The Labute approximate surface area is 149 Å². The van der Waals surface area contributed by atoms with Crippen molar-refractivity contribution >= 4 is 22.2 Å². The molecule has 0 aliphatic carbocycles. The van der Waals surface area contributed by atoms with Crippen molar-refractivity contribution in [1.29, 1.82) is 0 Å². The summed E-state index contributed by atoms with van der Waals surface area (Å²) in [7, 11) is 0. The highest BCUT2D eigenvalue weighted by Crippen LogP contribution is 2.26. The van der Waals surface area contributed by atoms with Crippen LogP contribution in [0.5, 0.6) is 0 Å². The molecule has 3 rings (SSSR count). The van der Waals surface area contributed by atoms with Crippen molar-refractivity contribution in [2.24, 2.45) is 0 Å². The molecule has 0 radical (unpaired) electrons. The van der Waals surface area contributed by atoms with Crippen molar-refractivity contribution in [3.05, 3.63) is 98.9 Å². The zero-order valence-electron chi connectivity index (χ0n) is 13.3. The normalized spacial score (nSPS) is 10.6. The topological polar surface area (TPSA) is 72.2 Å². The first-order chi connectivity index (χ1) is 12.1. The lowest BCUT2D eigenvalue weighted by atomic mass is 9.91. The van der Waals surface area contributed by atoms with Gasteiger partial charge in [0.05, 0.1) is 9.80 Å². The quantitative estimate of drug-likeness (QED) is 0.533. The first-order valence-corrected chi connectivity index (χ1v) is 8.59. The molecule has 126 valence electrons. The van der Waals surface area contributed by atoms with E-state index in [4.69, 9.17) is 0 Å². The molecule has 1 N–H and O–H groups in total. The third-order valence-corrected chi connectivity index (χ3v) is 4.90. The molecule has 0 saturated heterocycles. The first-order valence-electron chi connectivity index (χ1n) is 7.77. The Hall–Kier alpha value is -2.99. The zero-order chi connectivity index (χ0) is 17.6. The van der Waals surface area contributed by atoms with Crippen LogP contribution in [-0.2, 0) is 0 Å². The van der Waals surface area contributed by atoms with Gasteiger partial charge in [-0.05, 0) is 17.2 Å². The van der Waals surface area contributed by atoms with Gasteiger partial charge in [-0.1, -0.05) is 72.0 Å². The summed E-state index contributed by atoms with van der Waals surface area (Å²) in [5.74, 6) is -0.281. The summed E-state index contributed by atoms with van der Waals surface area (Å²) in [6.45, 7) is 0.415. The Morgan fingerprint density at radius 2 is 1.52 bits per heavy atom. The number of benzene rings is 2. The van der Waals surface area contributed by atoms with Gasteiger partial charge < -0.3 is 5.32 Å². The minimum atomic E-state index is -0.488. The number of thiophene rings is 1. The Morgan fingerprint density at radius 3 is 2.00 bits per heavy atom. The van der Waals surface area contributed by atoms with Crippen LogP contribution >= 0.6 is 11.3 Å². The number of nitrogens with one attached hydrogen (secondary N) is 1. The molecule has 0 bridgehead atoms. The molecule has 3 aromatic rings. The lowest BCUT2D eigenvalue weighted by molar-refractivity contribution is -0.380. The maximum absolute atomic E-state index is 12.3. The summed E-state index contributed by atoms with van der Waals surface area (Å²) >= 11 is 0.881. The Balaban J connectivity index is 1.76.